The predicted octanol–water partition coefficient (Wildman–Crippen LogP) is -0.837. The van der Waals surface area contributed by atoms with Crippen LogP contribution in [-0.2, 0) is 9.59 Å². The van der Waals surface area contributed by atoms with Crippen molar-refractivity contribution in [3.05, 3.63) is 11.8 Å². The molecule has 1 heterocycles. The number of allylic oxidation sites excluding steroid dienone is 1. The highest BCUT2D eigenvalue weighted by Gasteiger charge is 2.07. The van der Waals surface area contributed by atoms with Crippen molar-refractivity contribution in [1.82, 2.24) is 10.6 Å². The summed E-state index contributed by atoms with van der Waals surface area (Å²) in [7, 11) is 0. The average Bonchev–Trinajstić information content (AvgIpc) is 2.05. The monoisotopic (exact) mass is 167 g/mol. The van der Waals surface area contributed by atoms with E-state index in [0.717, 1.165) is 0 Å². The maximum absolute atomic E-state index is 10.5. The van der Waals surface area contributed by atoms with E-state index in [1.807, 2.05) is 0 Å². The number of carbonyl (C=O) groups is 2. The van der Waals surface area contributed by atoms with Crippen LogP contribution in [0, 0.1) is 0 Å². The van der Waals surface area contributed by atoms with Crippen LogP contribution in [0.25, 0.3) is 0 Å². The zero-order chi connectivity index (χ0) is 8.97. The van der Waals surface area contributed by atoms with Crippen LogP contribution in [0.5, 0.6) is 0 Å². The zero-order valence-corrected chi connectivity index (χ0v) is 6.57. The number of aldehydes is 1. The van der Waals surface area contributed by atoms with Gasteiger partial charge in [0, 0.05) is 24.9 Å². The molecule has 0 aromatic heterocycles. The molecule has 1 aliphatic heterocycles. The maximum Gasteiger partial charge on any atom is 0.219 e. The highest BCUT2D eigenvalue weighted by atomic mass is 16.1. The van der Waals surface area contributed by atoms with E-state index in [9.17, 15) is 9.59 Å². The van der Waals surface area contributed by atoms with E-state index in [0.29, 0.717) is 11.9 Å². The third-order valence-electron chi connectivity index (χ3n) is 1.26. The van der Waals surface area contributed by atoms with Gasteiger partial charge in [-0.25, -0.2) is 4.99 Å². The normalized spacial score (nSPS) is 20.8. The van der Waals surface area contributed by atoms with E-state index in [4.69, 9.17) is 0 Å². The summed E-state index contributed by atoms with van der Waals surface area (Å²) in [5, 5.41) is 5.25. The standard InChI is InChI=1S/C7H9N3O2/c1-5(12)10-7-8-2-6(4-11)3-9-7/h2-4,7-8H,1H3,(H,10,12). The molecule has 0 fully saturated rings. The molecule has 0 aromatic rings. The third kappa shape index (κ3) is 2.19. The minimum atomic E-state index is -0.453. The molecule has 5 heteroatoms. The second kappa shape index (κ2) is 3.66. The fourth-order valence-corrected chi connectivity index (χ4v) is 0.752. The first kappa shape index (κ1) is 8.45. The van der Waals surface area contributed by atoms with Gasteiger partial charge in [-0.2, -0.15) is 0 Å². The van der Waals surface area contributed by atoms with Gasteiger partial charge in [0.05, 0.1) is 0 Å². The van der Waals surface area contributed by atoms with Crippen LogP contribution in [0.3, 0.4) is 0 Å². The Balaban J connectivity index is 2.48. The molecule has 0 saturated heterocycles. The molecular formula is C7H9N3O2. The summed E-state index contributed by atoms with van der Waals surface area (Å²) in [5.41, 5.74) is 0.455. The molecule has 1 amide bonds. The Labute approximate surface area is 69.6 Å². The molecule has 64 valence electrons. The molecule has 1 unspecified atom stereocenters. The van der Waals surface area contributed by atoms with E-state index in [-0.39, 0.29) is 5.91 Å². The van der Waals surface area contributed by atoms with Gasteiger partial charge in [0.1, 0.15) is 0 Å². The quantitative estimate of drug-likeness (QED) is 0.527. The van der Waals surface area contributed by atoms with Gasteiger partial charge in [-0.3, -0.25) is 9.59 Å². The topological polar surface area (TPSA) is 70.6 Å². The van der Waals surface area contributed by atoms with Gasteiger partial charge in [0.15, 0.2) is 12.6 Å². The van der Waals surface area contributed by atoms with Crippen LogP contribution in [0.4, 0.5) is 0 Å². The Morgan fingerprint density at radius 2 is 2.58 bits per heavy atom. The van der Waals surface area contributed by atoms with Crippen LogP contribution in [-0.4, -0.2) is 24.7 Å². The lowest BCUT2D eigenvalue weighted by Gasteiger charge is -2.16. The van der Waals surface area contributed by atoms with Crippen LogP contribution in [0.15, 0.2) is 16.8 Å². The Bertz CT molecular complexity index is 257. The van der Waals surface area contributed by atoms with Crippen molar-refractivity contribution in [3.63, 3.8) is 0 Å². The second-order valence-electron chi connectivity index (χ2n) is 2.31. The predicted molar refractivity (Wildman–Crippen MR) is 43.4 cm³/mol. The highest BCUT2D eigenvalue weighted by molar-refractivity contribution is 6.02. The molecule has 0 aliphatic carbocycles. The number of amides is 1. The molecule has 0 bridgehead atoms. The van der Waals surface area contributed by atoms with E-state index >= 15 is 0 Å². The number of hydrogen-bond donors (Lipinski definition) is 2. The van der Waals surface area contributed by atoms with Crippen molar-refractivity contribution in [2.75, 3.05) is 0 Å². The summed E-state index contributed by atoms with van der Waals surface area (Å²) >= 11 is 0. The molecular weight excluding hydrogens is 158 g/mol. The lowest BCUT2D eigenvalue weighted by Crippen LogP contribution is -2.42. The van der Waals surface area contributed by atoms with Gasteiger partial charge in [-0.1, -0.05) is 0 Å². The van der Waals surface area contributed by atoms with Crippen molar-refractivity contribution >= 4 is 18.4 Å². The van der Waals surface area contributed by atoms with E-state index < -0.39 is 6.29 Å². The van der Waals surface area contributed by atoms with Crippen molar-refractivity contribution in [3.8, 4) is 0 Å². The fourth-order valence-electron chi connectivity index (χ4n) is 0.752. The van der Waals surface area contributed by atoms with Crippen LogP contribution in [0.2, 0.25) is 0 Å². The smallest absolute Gasteiger partial charge is 0.219 e. The largest absolute Gasteiger partial charge is 0.352 e. The summed E-state index contributed by atoms with van der Waals surface area (Å²) < 4.78 is 0. The lowest BCUT2D eigenvalue weighted by molar-refractivity contribution is -0.119. The molecule has 0 saturated carbocycles. The number of nitrogens with one attached hydrogen (secondary N) is 2. The number of aliphatic imine (C=N–C) groups is 1. The Hall–Kier alpha value is -1.65. The van der Waals surface area contributed by atoms with Crippen molar-refractivity contribution in [2.45, 2.75) is 13.2 Å². The first-order chi connectivity index (χ1) is 5.72. The summed E-state index contributed by atoms with van der Waals surface area (Å²) in [6.45, 7) is 1.40. The van der Waals surface area contributed by atoms with Crippen LogP contribution >= 0.6 is 0 Å². The first-order valence-corrected chi connectivity index (χ1v) is 3.44. The fraction of sp³-hybridized carbons (Fsp3) is 0.286. The number of rotatable bonds is 2. The zero-order valence-electron chi connectivity index (χ0n) is 6.57. The summed E-state index contributed by atoms with van der Waals surface area (Å²) in [5.74, 6) is -0.174. The van der Waals surface area contributed by atoms with Crippen molar-refractivity contribution < 1.29 is 9.59 Å². The van der Waals surface area contributed by atoms with Gasteiger partial charge in [-0.15, -0.1) is 0 Å². The molecule has 0 aromatic carbocycles. The number of nitrogens with zero attached hydrogens (tertiary/aromatic N) is 1. The van der Waals surface area contributed by atoms with Crippen LogP contribution < -0.4 is 10.6 Å². The van der Waals surface area contributed by atoms with Gasteiger partial charge in [0.2, 0.25) is 5.91 Å². The van der Waals surface area contributed by atoms with Gasteiger partial charge in [0.25, 0.3) is 0 Å². The third-order valence-corrected chi connectivity index (χ3v) is 1.26. The molecule has 5 nitrogen and oxygen atoms in total. The second-order valence-corrected chi connectivity index (χ2v) is 2.31. The molecule has 1 aliphatic rings. The first-order valence-electron chi connectivity index (χ1n) is 3.44. The SMILES string of the molecule is CC(=O)NC1N=CC(C=O)=CN1. The molecule has 0 radical (unpaired) electrons. The number of hydrogen-bond acceptors (Lipinski definition) is 4. The highest BCUT2D eigenvalue weighted by Crippen LogP contribution is 1.93. The Morgan fingerprint density at radius 3 is 3.00 bits per heavy atom. The minimum absolute atomic E-state index is 0.174. The summed E-state index contributed by atoms with van der Waals surface area (Å²) in [6, 6.07) is 0. The summed E-state index contributed by atoms with van der Waals surface area (Å²) in [4.78, 5) is 24.6. The molecule has 1 rings (SSSR count). The number of carbonyl (C=O) groups excluding carboxylic acids is 2. The Morgan fingerprint density at radius 1 is 1.83 bits per heavy atom. The van der Waals surface area contributed by atoms with E-state index in [2.05, 4.69) is 15.6 Å². The van der Waals surface area contributed by atoms with Crippen molar-refractivity contribution in [1.29, 1.82) is 0 Å². The maximum atomic E-state index is 10.5. The van der Waals surface area contributed by atoms with E-state index in [1.54, 1.807) is 0 Å². The molecule has 2 N–H and O–H groups in total. The molecule has 1 atom stereocenters. The van der Waals surface area contributed by atoms with Crippen LogP contribution in [0.1, 0.15) is 6.92 Å². The molecule has 0 spiro atoms. The van der Waals surface area contributed by atoms with Crippen molar-refractivity contribution in [2.24, 2.45) is 4.99 Å². The van der Waals surface area contributed by atoms with Gasteiger partial charge in [-0.05, 0) is 0 Å². The average molecular weight is 167 g/mol. The molecule has 12 heavy (non-hydrogen) atoms. The lowest BCUT2D eigenvalue weighted by atomic mass is 10.3. The van der Waals surface area contributed by atoms with Gasteiger partial charge < -0.3 is 10.6 Å². The Kier molecular flexibility index (Phi) is 2.57. The minimum Gasteiger partial charge on any atom is -0.352 e. The van der Waals surface area contributed by atoms with Gasteiger partial charge >= 0.3 is 0 Å². The summed E-state index contributed by atoms with van der Waals surface area (Å²) in [6.07, 6.45) is 3.14. The van der Waals surface area contributed by atoms with E-state index in [1.165, 1.54) is 19.3 Å².